The van der Waals surface area contributed by atoms with E-state index in [4.69, 9.17) is 0 Å². The molecule has 0 atom stereocenters. The molecule has 8 heavy (non-hydrogen) atoms. The Morgan fingerprint density at radius 1 is 0.250 bits per heavy atom. The third-order valence-electron chi connectivity index (χ3n) is 0. The summed E-state index contributed by atoms with van der Waals surface area (Å²) in [5.74, 6) is 0. The van der Waals surface area contributed by atoms with Gasteiger partial charge < -0.3 is 27.4 Å². The van der Waals surface area contributed by atoms with Crippen molar-refractivity contribution in [2.24, 2.45) is 0 Å². The molecule has 0 aliphatic rings. The average Bonchev–Trinajstić information content (AvgIpc) is 0. The van der Waals surface area contributed by atoms with Crippen LogP contribution in [0.2, 0.25) is 0 Å². The molecule has 49 valence electrons. The molecule has 0 aliphatic heterocycles. The van der Waals surface area contributed by atoms with Crippen LogP contribution in [0.25, 0.3) is 0 Å². The normalized spacial score (nSPS) is 0. The average molecular weight is 513 g/mol. The third-order valence-corrected chi connectivity index (χ3v) is 0. The van der Waals surface area contributed by atoms with Gasteiger partial charge in [0, 0.05) is 124 Å². The van der Waals surface area contributed by atoms with Crippen LogP contribution in [-0.4, -0.2) is 27.4 Å². The molecule has 0 aliphatic carbocycles. The summed E-state index contributed by atoms with van der Waals surface area (Å²) >= 11 is 0. The van der Waals surface area contributed by atoms with Gasteiger partial charge in [0.25, 0.3) is 0 Å². The maximum Gasteiger partial charge on any atom is 0 e. The Morgan fingerprint density at radius 2 is 0.250 bits per heavy atom. The van der Waals surface area contributed by atoms with Gasteiger partial charge in [-0.05, 0) is 0 Å². The molecule has 0 heterocycles. The van der Waals surface area contributed by atoms with Gasteiger partial charge in [0.2, 0.25) is 0 Å². The minimum Gasteiger partial charge on any atom is -0.412 e. The van der Waals surface area contributed by atoms with E-state index in [1.165, 1.54) is 0 Å². The summed E-state index contributed by atoms with van der Waals surface area (Å²) in [6, 6.07) is 0. The molecular formula is H10O5Pr3. The van der Waals surface area contributed by atoms with Gasteiger partial charge in [-0.25, -0.2) is 0 Å². The topological polar surface area (TPSA) is 158 Å². The van der Waals surface area contributed by atoms with Crippen molar-refractivity contribution < 1.29 is 151 Å². The zero-order chi connectivity index (χ0) is 0. The van der Waals surface area contributed by atoms with Crippen LogP contribution in [0.5, 0.6) is 0 Å². The van der Waals surface area contributed by atoms with Crippen LogP contribution in [0.1, 0.15) is 0 Å². The quantitative estimate of drug-likeness (QED) is 0.309. The van der Waals surface area contributed by atoms with Gasteiger partial charge in [0.15, 0.2) is 0 Å². The monoisotopic (exact) mass is 513 g/mol. The Kier molecular flexibility index (Phi) is 820. The smallest absolute Gasteiger partial charge is 0 e. The number of hydrogen-bond donors (Lipinski definition) is 0. The molecule has 5 nitrogen and oxygen atoms in total. The molecule has 0 fully saturated rings. The summed E-state index contributed by atoms with van der Waals surface area (Å²) in [6.07, 6.45) is 0. The van der Waals surface area contributed by atoms with E-state index >= 15 is 0 Å². The fourth-order valence-corrected chi connectivity index (χ4v) is 0. The van der Waals surface area contributed by atoms with Crippen LogP contribution < -0.4 is 0 Å². The van der Waals surface area contributed by atoms with E-state index in [0.717, 1.165) is 0 Å². The first-order valence-electron chi connectivity index (χ1n) is 0. The third kappa shape index (κ3) is 51.6. The van der Waals surface area contributed by atoms with E-state index in [1.54, 1.807) is 0 Å². The van der Waals surface area contributed by atoms with Crippen LogP contribution in [0, 0.1) is 124 Å². The molecule has 0 aromatic carbocycles. The molecule has 0 rings (SSSR count). The van der Waals surface area contributed by atoms with E-state index in [2.05, 4.69) is 0 Å². The van der Waals surface area contributed by atoms with Crippen LogP contribution >= 0.6 is 0 Å². The molecule has 0 saturated heterocycles. The van der Waals surface area contributed by atoms with Crippen molar-refractivity contribution >= 4 is 0 Å². The summed E-state index contributed by atoms with van der Waals surface area (Å²) in [5, 5.41) is 0. The van der Waals surface area contributed by atoms with Crippen molar-refractivity contribution in [1.29, 1.82) is 0 Å². The first-order valence-corrected chi connectivity index (χ1v) is 0. The summed E-state index contributed by atoms with van der Waals surface area (Å²) in [5.41, 5.74) is 0. The second kappa shape index (κ2) is 70.4. The van der Waals surface area contributed by atoms with Gasteiger partial charge >= 0.3 is 0 Å². The van der Waals surface area contributed by atoms with Crippen LogP contribution in [0.3, 0.4) is 0 Å². The second-order valence-electron chi connectivity index (χ2n) is 0. The maximum absolute atomic E-state index is 0. The predicted molar refractivity (Wildman–Crippen MR) is 18.1 cm³/mol. The Hall–Kier alpha value is 3.89. The van der Waals surface area contributed by atoms with Crippen LogP contribution in [-0.2, 0) is 0 Å². The number of rotatable bonds is 0. The Labute approximate surface area is 147 Å². The van der Waals surface area contributed by atoms with Gasteiger partial charge in [0.1, 0.15) is 0 Å². The van der Waals surface area contributed by atoms with E-state index in [0.29, 0.717) is 0 Å². The Morgan fingerprint density at radius 3 is 0.250 bits per heavy atom. The molecule has 0 amide bonds. The fourth-order valence-electron chi connectivity index (χ4n) is 0. The predicted octanol–water partition coefficient (Wildman–Crippen LogP) is -4.12. The summed E-state index contributed by atoms with van der Waals surface area (Å²) < 4.78 is 0. The Bertz CT molecular complexity index is 7.64. The van der Waals surface area contributed by atoms with E-state index < -0.39 is 0 Å². The minimum absolute atomic E-state index is 0. The van der Waals surface area contributed by atoms with Crippen LogP contribution in [0.4, 0.5) is 0 Å². The van der Waals surface area contributed by atoms with Crippen molar-refractivity contribution in [2.75, 3.05) is 0 Å². The van der Waals surface area contributed by atoms with E-state index in [-0.39, 0.29) is 151 Å². The maximum atomic E-state index is 0. The number of hydrogen-bond acceptors (Lipinski definition) is 0. The van der Waals surface area contributed by atoms with Gasteiger partial charge in [0.05, 0.1) is 0 Å². The molecular weight excluding hydrogens is 503 g/mol. The SMILES string of the molecule is O.O.O.O.O.[Pr].[Pr].[Pr]. The summed E-state index contributed by atoms with van der Waals surface area (Å²) in [7, 11) is 0. The molecule has 0 aromatic heterocycles. The van der Waals surface area contributed by atoms with E-state index in [1.807, 2.05) is 0 Å². The largest absolute Gasteiger partial charge is 0.412 e. The molecule has 0 aromatic rings. The van der Waals surface area contributed by atoms with Crippen molar-refractivity contribution in [3.05, 3.63) is 0 Å². The summed E-state index contributed by atoms with van der Waals surface area (Å²) in [4.78, 5) is 0. The van der Waals surface area contributed by atoms with Gasteiger partial charge in [-0.2, -0.15) is 0 Å². The molecule has 0 unspecified atom stereocenters. The molecule has 0 bridgehead atoms. The zero-order valence-electron chi connectivity index (χ0n) is 4.23. The first-order chi connectivity index (χ1) is 0. The van der Waals surface area contributed by atoms with Crippen molar-refractivity contribution in [2.45, 2.75) is 0 Å². The fraction of sp³-hybridized carbons (Fsp3) is 0. The van der Waals surface area contributed by atoms with Gasteiger partial charge in [-0.1, -0.05) is 0 Å². The molecule has 3 radical (unpaired) electrons. The molecule has 0 saturated carbocycles. The second-order valence-corrected chi connectivity index (χ2v) is 0. The zero-order valence-corrected chi connectivity index (χ0v) is 15.3. The van der Waals surface area contributed by atoms with E-state index in [9.17, 15) is 0 Å². The summed E-state index contributed by atoms with van der Waals surface area (Å²) in [6.45, 7) is 0. The van der Waals surface area contributed by atoms with Crippen molar-refractivity contribution in [3.8, 4) is 0 Å². The van der Waals surface area contributed by atoms with Crippen molar-refractivity contribution in [3.63, 3.8) is 0 Å². The first kappa shape index (κ1) is 93.2. The van der Waals surface area contributed by atoms with Gasteiger partial charge in [-0.15, -0.1) is 0 Å². The van der Waals surface area contributed by atoms with Crippen molar-refractivity contribution in [1.82, 2.24) is 0 Å². The standard InChI is InChI=1S/5H2O.3Pr/h5*1H2;;;. The Balaban J connectivity index is 0. The minimum atomic E-state index is 0. The van der Waals surface area contributed by atoms with Gasteiger partial charge in [-0.3, -0.25) is 0 Å². The molecule has 0 spiro atoms. The van der Waals surface area contributed by atoms with Crippen LogP contribution in [0.15, 0.2) is 0 Å². The molecule has 10 N–H and O–H groups in total. The molecule has 8 heteroatoms.